The van der Waals surface area contributed by atoms with E-state index < -0.39 is 4.92 Å². The minimum atomic E-state index is -0.481. The summed E-state index contributed by atoms with van der Waals surface area (Å²) in [7, 11) is 0. The number of carbonyl (C=O) groups excluding carboxylic acids is 2. The van der Waals surface area contributed by atoms with Crippen LogP contribution >= 0.6 is 0 Å². The minimum Gasteiger partial charge on any atom is -0.349 e. The summed E-state index contributed by atoms with van der Waals surface area (Å²) in [5, 5.41) is 16.4. The summed E-state index contributed by atoms with van der Waals surface area (Å²) in [4.78, 5) is 35.3. The van der Waals surface area contributed by atoms with Gasteiger partial charge in [0.05, 0.1) is 22.7 Å². The van der Waals surface area contributed by atoms with Gasteiger partial charge < -0.3 is 15.5 Å². The predicted octanol–water partition coefficient (Wildman–Crippen LogP) is 0.271. The van der Waals surface area contributed by atoms with E-state index in [1.54, 1.807) is 13.0 Å². The summed E-state index contributed by atoms with van der Waals surface area (Å²) in [5.41, 5.74) is 0.784. The maximum absolute atomic E-state index is 12.2. The molecular weight excluding hydrogens is 312 g/mol. The maximum atomic E-state index is 12.2. The number of nitrogens with one attached hydrogen (secondary N) is 3. The monoisotopic (exact) mass is 337 g/mol. The number of benzene rings is 1. The van der Waals surface area contributed by atoms with Crippen LogP contribution in [-0.4, -0.2) is 42.4 Å². The summed E-state index contributed by atoms with van der Waals surface area (Å²) in [6.45, 7) is 8.17. The third-order valence-electron chi connectivity index (χ3n) is 3.55. The van der Waals surface area contributed by atoms with Gasteiger partial charge in [-0.3, -0.25) is 19.7 Å². The van der Waals surface area contributed by atoms with Gasteiger partial charge in [-0.15, -0.1) is 0 Å². The van der Waals surface area contributed by atoms with Crippen LogP contribution in [0.4, 0.5) is 11.4 Å². The van der Waals surface area contributed by atoms with Crippen molar-refractivity contribution in [1.82, 2.24) is 5.32 Å². The van der Waals surface area contributed by atoms with E-state index in [-0.39, 0.29) is 36.6 Å². The molecule has 0 aliphatic heterocycles. The van der Waals surface area contributed by atoms with Crippen molar-refractivity contribution >= 4 is 23.2 Å². The summed E-state index contributed by atoms with van der Waals surface area (Å²) in [6.07, 6.45) is 0. The zero-order valence-electron chi connectivity index (χ0n) is 14.5. The Morgan fingerprint density at radius 3 is 2.42 bits per heavy atom. The molecule has 24 heavy (non-hydrogen) atoms. The number of hydrogen-bond acceptors (Lipinski definition) is 4. The minimum absolute atomic E-state index is 0.0381. The lowest BCUT2D eigenvalue weighted by molar-refractivity contribution is -0.881. The van der Waals surface area contributed by atoms with Crippen molar-refractivity contribution in [2.24, 2.45) is 0 Å². The van der Waals surface area contributed by atoms with Gasteiger partial charge in [-0.25, -0.2) is 0 Å². The highest BCUT2D eigenvalue weighted by Crippen LogP contribution is 2.24. The summed E-state index contributed by atoms with van der Waals surface area (Å²) < 4.78 is 0. The van der Waals surface area contributed by atoms with E-state index in [9.17, 15) is 19.7 Å². The summed E-state index contributed by atoms with van der Waals surface area (Å²) in [5.74, 6) is -0.394. The van der Waals surface area contributed by atoms with E-state index in [2.05, 4.69) is 10.6 Å². The molecule has 8 heteroatoms. The molecule has 8 nitrogen and oxygen atoms in total. The largest absolute Gasteiger partial charge is 0.349 e. The van der Waals surface area contributed by atoms with E-state index in [1.807, 2.05) is 20.8 Å². The first-order chi connectivity index (χ1) is 11.2. The van der Waals surface area contributed by atoms with Crippen molar-refractivity contribution in [2.75, 3.05) is 25.0 Å². The molecule has 1 atom stereocenters. The molecule has 0 radical (unpaired) electrons. The number of carbonyl (C=O) groups is 2. The Morgan fingerprint density at radius 1 is 1.25 bits per heavy atom. The summed E-state index contributed by atoms with van der Waals surface area (Å²) in [6, 6.07) is 4.60. The van der Waals surface area contributed by atoms with Crippen molar-refractivity contribution in [3.05, 3.63) is 33.9 Å². The molecule has 0 aliphatic rings. The molecule has 1 rings (SSSR count). The van der Waals surface area contributed by atoms with Crippen LogP contribution in [0.3, 0.4) is 0 Å². The zero-order valence-corrected chi connectivity index (χ0v) is 14.5. The maximum Gasteiger partial charge on any atom is 0.279 e. The van der Waals surface area contributed by atoms with Crippen LogP contribution < -0.4 is 15.5 Å². The van der Waals surface area contributed by atoms with E-state index in [0.717, 1.165) is 4.90 Å². The van der Waals surface area contributed by atoms with Crippen LogP contribution in [0.1, 0.15) is 26.3 Å². The summed E-state index contributed by atoms with van der Waals surface area (Å²) >= 11 is 0. The highest BCUT2D eigenvalue weighted by molar-refractivity contribution is 5.92. The molecule has 2 amide bonds. The van der Waals surface area contributed by atoms with Crippen LogP contribution in [0.2, 0.25) is 0 Å². The second-order valence-electron chi connectivity index (χ2n) is 5.93. The fourth-order valence-corrected chi connectivity index (χ4v) is 2.29. The first-order valence-electron chi connectivity index (χ1n) is 7.91. The fourth-order valence-electron chi connectivity index (χ4n) is 2.29. The number of rotatable bonds is 8. The van der Waals surface area contributed by atoms with Gasteiger partial charge in [0.25, 0.3) is 17.5 Å². The van der Waals surface area contributed by atoms with Crippen molar-refractivity contribution < 1.29 is 19.4 Å². The molecule has 0 fully saturated rings. The van der Waals surface area contributed by atoms with Crippen LogP contribution in [0, 0.1) is 17.0 Å². The standard InChI is InChI=1S/C16H24N4O4/c1-5-19(9-15(21)17-11(2)3)10-16(22)18-13-7-6-8-14(12(13)4)20(23)24/h6-8,11H,5,9-10H2,1-4H3,(H,17,21)(H,18,22)/p+1. The van der Waals surface area contributed by atoms with Gasteiger partial charge >= 0.3 is 0 Å². The van der Waals surface area contributed by atoms with E-state index in [1.165, 1.54) is 12.1 Å². The SMILES string of the molecule is CC[NH+](CC(=O)Nc1cccc([N+](=O)[O-])c1C)CC(=O)NC(C)C. The number of quaternary nitrogens is 1. The Morgan fingerprint density at radius 2 is 1.88 bits per heavy atom. The van der Waals surface area contributed by atoms with Gasteiger partial charge in [-0.2, -0.15) is 0 Å². The quantitative estimate of drug-likeness (QED) is 0.468. The molecular formula is C16H25N4O4+. The van der Waals surface area contributed by atoms with Crippen LogP contribution in [-0.2, 0) is 9.59 Å². The number of likely N-dealkylation sites (N-methyl/N-ethyl adjacent to an activating group) is 1. The lowest BCUT2D eigenvalue weighted by atomic mass is 10.1. The molecule has 1 aromatic rings. The molecule has 0 heterocycles. The van der Waals surface area contributed by atoms with Gasteiger partial charge in [0.1, 0.15) is 0 Å². The predicted molar refractivity (Wildman–Crippen MR) is 91.0 cm³/mol. The molecule has 0 aromatic heterocycles. The lowest BCUT2D eigenvalue weighted by Gasteiger charge is -2.18. The molecule has 0 saturated heterocycles. The first-order valence-corrected chi connectivity index (χ1v) is 7.91. The van der Waals surface area contributed by atoms with Gasteiger partial charge in [0, 0.05) is 12.1 Å². The van der Waals surface area contributed by atoms with Crippen molar-refractivity contribution in [2.45, 2.75) is 33.7 Å². The van der Waals surface area contributed by atoms with Crippen molar-refractivity contribution in [3.8, 4) is 0 Å². The van der Waals surface area contributed by atoms with Gasteiger partial charge in [0.15, 0.2) is 13.1 Å². The number of nitro groups is 1. The van der Waals surface area contributed by atoms with Crippen LogP contribution in [0.15, 0.2) is 18.2 Å². The molecule has 1 unspecified atom stereocenters. The van der Waals surface area contributed by atoms with Crippen molar-refractivity contribution in [1.29, 1.82) is 0 Å². The topological polar surface area (TPSA) is 106 Å². The van der Waals surface area contributed by atoms with E-state index in [0.29, 0.717) is 17.8 Å². The average molecular weight is 337 g/mol. The number of nitrogens with zero attached hydrogens (tertiary/aromatic N) is 1. The highest BCUT2D eigenvalue weighted by Gasteiger charge is 2.19. The molecule has 0 spiro atoms. The number of anilines is 1. The van der Waals surface area contributed by atoms with E-state index >= 15 is 0 Å². The normalized spacial score (nSPS) is 11.9. The second-order valence-corrected chi connectivity index (χ2v) is 5.93. The number of hydrogen-bond donors (Lipinski definition) is 3. The second kappa shape index (κ2) is 8.97. The molecule has 3 N–H and O–H groups in total. The molecule has 1 aromatic carbocycles. The number of amides is 2. The number of nitro benzene ring substituents is 1. The third kappa shape index (κ3) is 5.96. The zero-order chi connectivity index (χ0) is 18.3. The van der Waals surface area contributed by atoms with Gasteiger partial charge in [-0.1, -0.05) is 6.07 Å². The molecule has 132 valence electrons. The molecule has 0 aliphatic carbocycles. The highest BCUT2D eigenvalue weighted by atomic mass is 16.6. The Bertz CT molecular complexity index is 616. The third-order valence-corrected chi connectivity index (χ3v) is 3.55. The first kappa shape index (κ1) is 19.6. The Balaban J connectivity index is 2.69. The lowest BCUT2D eigenvalue weighted by Crippen LogP contribution is -3.14. The Hall–Kier alpha value is -2.48. The molecule has 0 saturated carbocycles. The average Bonchev–Trinajstić information content (AvgIpc) is 2.47. The van der Waals surface area contributed by atoms with Crippen LogP contribution in [0.5, 0.6) is 0 Å². The van der Waals surface area contributed by atoms with Crippen molar-refractivity contribution in [3.63, 3.8) is 0 Å². The van der Waals surface area contributed by atoms with Crippen LogP contribution in [0.25, 0.3) is 0 Å². The Kier molecular flexibility index (Phi) is 7.31. The van der Waals surface area contributed by atoms with Gasteiger partial charge in [-0.05, 0) is 33.8 Å². The molecule has 0 bridgehead atoms. The Labute approximate surface area is 141 Å². The smallest absolute Gasteiger partial charge is 0.279 e. The van der Waals surface area contributed by atoms with Gasteiger partial charge in [0.2, 0.25) is 0 Å². The van der Waals surface area contributed by atoms with E-state index in [4.69, 9.17) is 0 Å². The fraction of sp³-hybridized carbons (Fsp3) is 0.500.